The molecule has 0 atom stereocenters. The van der Waals surface area contributed by atoms with Crippen molar-refractivity contribution in [2.75, 3.05) is 6.54 Å². The van der Waals surface area contributed by atoms with E-state index in [-0.39, 0.29) is 5.91 Å². The molecule has 4 nitrogen and oxygen atoms in total. The summed E-state index contributed by atoms with van der Waals surface area (Å²) in [5.74, 6) is 0.750. The highest BCUT2D eigenvalue weighted by atomic mass is 16.1. The molecule has 0 aliphatic rings. The molecular formula is C21H21N3O. The van der Waals surface area contributed by atoms with E-state index in [1.165, 1.54) is 5.56 Å². The predicted octanol–water partition coefficient (Wildman–Crippen LogP) is 3.35. The summed E-state index contributed by atoms with van der Waals surface area (Å²) in [4.78, 5) is 20.8. The van der Waals surface area contributed by atoms with Crippen LogP contribution in [0, 0.1) is 6.92 Å². The van der Waals surface area contributed by atoms with Crippen LogP contribution in [0.4, 0.5) is 0 Å². The average molecular weight is 331 g/mol. The topological polar surface area (TPSA) is 54.9 Å². The third-order valence-electron chi connectivity index (χ3n) is 3.92. The van der Waals surface area contributed by atoms with Crippen LogP contribution < -0.4 is 5.32 Å². The van der Waals surface area contributed by atoms with Gasteiger partial charge in [-0.15, -0.1) is 0 Å². The molecule has 0 radical (unpaired) electrons. The van der Waals surface area contributed by atoms with Crippen molar-refractivity contribution in [2.24, 2.45) is 0 Å². The molecule has 25 heavy (non-hydrogen) atoms. The SMILES string of the molecule is Cc1cccc(CC(=O)NCCc2cnc(-c3ccccc3)nc2)c1. The summed E-state index contributed by atoms with van der Waals surface area (Å²) in [6, 6.07) is 17.9. The first-order valence-corrected chi connectivity index (χ1v) is 8.39. The molecule has 0 aliphatic heterocycles. The molecule has 1 N–H and O–H groups in total. The van der Waals surface area contributed by atoms with Gasteiger partial charge in [-0.2, -0.15) is 0 Å². The molecule has 1 heterocycles. The Morgan fingerprint density at radius 1 is 0.960 bits per heavy atom. The zero-order valence-corrected chi connectivity index (χ0v) is 14.3. The van der Waals surface area contributed by atoms with Crippen molar-refractivity contribution in [2.45, 2.75) is 19.8 Å². The Labute approximate surface area is 148 Å². The van der Waals surface area contributed by atoms with Crippen LogP contribution in [0.3, 0.4) is 0 Å². The Hall–Kier alpha value is -3.01. The molecule has 2 aromatic carbocycles. The van der Waals surface area contributed by atoms with Gasteiger partial charge in [-0.1, -0.05) is 60.2 Å². The second kappa shape index (κ2) is 8.20. The maximum Gasteiger partial charge on any atom is 0.224 e. The van der Waals surface area contributed by atoms with Gasteiger partial charge in [0.25, 0.3) is 0 Å². The molecule has 3 aromatic rings. The molecule has 0 bridgehead atoms. The maximum atomic E-state index is 12.0. The minimum atomic E-state index is 0.0347. The fraction of sp³-hybridized carbons (Fsp3) is 0.190. The number of carbonyl (C=O) groups is 1. The summed E-state index contributed by atoms with van der Waals surface area (Å²) in [7, 11) is 0. The maximum absolute atomic E-state index is 12.0. The lowest BCUT2D eigenvalue weighted by atomic mass is 10.1. The molecule has 0 unspecified atom stereocenters. The van der Waals surface area contributed by atoms with Crippen LogP contribution in [-0.2, 0) is 17.6 Å². The Kier molecular flexibility index (Phi) is 5.52. The third-order valence-corrected chi connectivity index (χ3v) is 3.92. The van der Waals surface area contributed by atoms with Crippen molar-refractivity contribution in [1.29, 1.82) is 0 Å². The fourth-order valence-electron chi connectivity index (χ4n) is 2.64. The Bertz CT molecular complexity index is 829. The molecule has 0 fully saturated rings. The highest BCUT2D eigenvalue weighted by Gasteiger charge is 2.04. The molecule has 3 rings (SSSR count). The molecule has 0 saturated heterocycles. The quantitative estimate of drug-likeness (QED) is 0.753. The van der Waals surface area contributed by atoms with Crippen molar-refractivity contribution in [3.63, 3.8) is 0 Å². The zero-order valence-electron chi connectivity index (χ0n) is 14.3. The Balaban J connectivity index is 1.48. The highest BCUT2D eigenvalue weighted by molar-refractivity contribution is 5.78. The van der Waals surface area contributed by atoms with Gasteiger partial charge in [0, 0.05) is 24.5 Å². The van der Waals surface area contributed by atoms with Gasteiger partial charge < -0.3 is 5.32 Å². The molecular weight excluding hydrogens is 310 g/mol. The molecule has 1 amide bonds. The van der Waals surface area contributed by atoms with Crippen molar-refractivity contribution in [1.82, 2.24) is 15.3 Å². The number of carbonyl (C=O) groups excluding carboxylic acids is 1. The lowest BCUT2D eigenvalue weighted by molar-refractivity contribution is -0.120. The van der Waals surface area contributed by atoms with Gasteiger partial charge in [0.2, 0.25) is 5.91 Å². The molecule has 126 valence electrons. The van der Waals surface area contributed by atoms with Gasteiger partial charge in [0.15, 0.2) is 5.82 Å². The third kappa shape index (κ3) is 4.98. The van der Waals surface area contributed by atoms with Gasteiger partial charge >= 0.3 is 0 Å². The van der Waals surface area contributed by atoms with Crippen LogP contribution >= 0.6 is 0 Å². The van der Waals surface area contributed by atoms with E-state index in [9.17, 15) is 4.79 Å². The van der Waals surface area contributed by atoms with Crippen LogP contribution in [0.1, 0.15) is 16.7 Å². The fourth-order valence-corrected chi connectivity index (χ4v) is 2.64. The van der Waals surface area contributed by atoms with Crippen LogP contribution in [0.2, 0.25) is 0 Å². The first-order chi connectivity index (χ1) is 12.2. The second-order valence-electron chi connectivity index (χ2n) is 6.05. The largest absolute Gasteiger partial charge is 0.355 e. The smallest absolute Gasteiger partial charge is 0.224 e. The summed E-state index contributed by atoms with van der Waals surface area (Å²) in [5.41, 5.74) is 4.21. The summed E-state index contributed by atoms with van der Waals surface area (Å²) in [6.45, 7) is 2.61. The van der Waals surface area contributed by atoms with E-state index in [1.54, 1.807) is 0 Å². The van der Waals surface area contributed by atoms with E-state index in [0.29, 0.717) is 25.2 Å². The summed E-state index contributed by atoms with van der Waals surface area (Å²) in [6.07, 6.45) is 4.77. The van der Waals surface area contributed by atoms with Gasteiger partial charge in [-0.05, 0) is 24.5 Å². The molecule has 0 aliphatic carbocycles. The average Bonchev–Trinajstić information content (AvgIpc) is 2.63. The van der Waals surface area contributed by atoms with E-state index in [4.69, 9.17) is 0 Å². The number of nitrogens with zero attached hydrogens (tertiary/aromatic N) is 2. The summed E-state index contributed by atoms with van der Waals surface area (Å²) in [5, 5.41) is 2.95. The van der Waals surface area contributed by atoms with Crippen molar-refractivity contribution in [3.8, 4) is 11.4 Å². The van der Waals surface area contributed by atoms with E-state index < -0.39 is 0 Å². The Morgan fingerprint density at radius 3 is 2.44 bits per heavy atom. The van der Waals surface area contributed by atoms with E-state index in [2.05, 4.69) is 15.3 Å². The highest BCUT2D eigenvalue weighted by Crippen LogP contribution is 2.13. The van der Waals surface area contributed by atoms with Crippen molar-refractivity contribution < 1.29 is 4.79 Å². The van der Waals surface area contributed by atoms with Crippen LogP contribution in [0.15, 0.2) is 67.0 Å². The minimum Gasteiger partial charge on any atom is -0.355 e. The van der Waals surface area contributed by atoms with E-state index in [0.717, 1.165) is 16.7 Å². The van der Waals surface area contributed by atoms with E-state index in [1.807, 2.05) is 73.9 Å². The summed E-state index contributed by atoms with van der Waals surface area (Å²) >= 11 is 0. The van der Waals surface area contributed by atoms with Gasteiger partial charge in [-0.25, -0.2) is 9.97 Å². The monoisotopic (exact) mass is 331 g/mol. The van der Waals surface area contributed by atoms with E-state index >= 15 is 0 Å². The van der Waals surface area contributed by atoms with Gasteiger partial charge in [0.05, 0.1) is 6.42 Å². The summed E-state index contributed by atoms with van der Waals surface area (Å²) < 4.78 is 0. The number of aryl methyl sites for hydroxylation is 1. The van der Waals surface area contributed by atoms with Crippen LogP contribution in [0.5, 0.6) is 0 Å². The minimum absolute atomic E-state index is 0.0347. The number of rotatable bonds is 6. The van der Waals surface area contributed by atoms with Crippen LogP contribution in [0.25, 0.3) is 11.4 Å². The van der Waals surface area contributed by atoms with Crippen LogP contribution in [-0.4, -0.2) is 22.4 Å². The normalized spacial score (nSPS) is 10.4. The number of hydrogen-bond acceptors (Lipinski definition) is 3. The lowest BCUT2D eigenvalue weighted by Crippen LogP contribution is -2.27. The number of amides is 1. The second-order valence-corrected chi connectivity index (χ2v) is 6.05. The lowest BCUT2D eigenvalue weighted by Gasteiger charge is -2.06. The molecule has 4 heteroatoms. The number of benzene rings is 2. The predicted molar refractivity (Wildman–Crippen MR) is 99.1 cm³/mol. The number of aromatic nitrogens is 2. The molecule has 0 spiro atoms. The standard InChI is InChI=1S/C21H21N3O/c1-16-6-5-7-17(12-16)13-20(25)22-11-10-18-14-23-21(24-15-18)19-8-3-2-4-9-19/h2-9,12,14-15H,10-11,13H2,1H3,(H,22,25). The van der Waals surface area contributed by atoms with Gasteiger partial charge in [0.1, 0.15) is 0 Å². The van der Waals surface area contributed by atoms with Gasteiger partial charge in [-0.3, -0.25) is 4.79 Å². The molecule has 1 aromatic heterocycles. The first-order valence-electron chi connectivity index (χ1n) is 8.39. The Morgan fingerprint density at radius 2 is 1.72 bits per heavy atom. The van der Waals surface area contributed by atoms with Crippen molar-refractivity contribution in [3.05, 3.63) is 83.7 Å². The van der Waals surface area contributed by atoms with Crippen molar-refractivity contribution >= 4 is 5.91 Å². The molecule has 0 saturated carbocycles. The first kappa shape index (κ1) is 16.8. The zero-order chi connectivity index (χ0) is 17.5. The number of hydrogen-bond donors (Lipinski definition) is 1. The number of nitrogens with one attached hydrogen (secondary N) is 1.